The van der Waals surface area contributed by atoms with E-state index in [1.807, 2.05) is 29.6 Å². The molecular formula is C18H16BrNO3S. The highest BCUT2D eigenvalue weighted by Gasteiger charge is 2.16. The van der Waals surface area contributed by atoms with Gasteiger partial charge in [-0.25, -0.2) is 0 Å². The van der Waals surface area contributed by atoms with Gasteiger partial charge in [0.25, 0.3) is 5.91 Å². The molecule has 4 nitrogen and oxygen atoms in total. The molecule has 0 saturated heterocycles. The highest BCUT2D eigenvalue weighted by molar-refractivity contribution is 9.10. The smallest absolute Gasteiger partial charge is 0.252 e. The maximum Gasteiger partial charge on any atom is 0.252 e. The van der Waals surface area contributed by atoms with Gasteiger partial charge in [-0.15, -0.1) is 11.3 Å². The van der Waals surface area contributed by atoms with E-state index in [1.54, 1.807) is 36.6 Å². The molecule has 3 rings (SSSR count). The molecule has 0 fully saturated rings. The Labute approximate surface area is 152 Å². The summed E-state index contributed by atoms with van der Waals surface area (Å²) in [5.74, 6) is 0.340. The van der Waals surface area contributed by atoms with E-state index in [4.69, 9.17) is 4.74 Å². The van der Waals surface area contributed by atoms with Gasteiger partial charge in [-0.05, 0) is 51.0 Å². The molecule has 1 unspecified atom stereocenters. The number of carbonyl (C=O) groups excluding carboxylic acids is 1. The summed E-state index contributed by atoms with van der Waals surface area (Å²) in [6.07, 6.45) is -0.755. The quantitative estimate of drug-likeness (QED) is 0.670. The van der Waals surface area contributed by atoms with Crippen LogP contribution in [0.2, 0.25) is 0 Å². The number of halogens is 1. The average molecular weight is 406 g/mol. The van der Waals surface area contributed by atoms with Crippen LogP contribution >= 0.6 is 27.3 Å². The summed E-state index contributed by atoms with van der Waals surface area (Å²) in [5, 5.41) is 16.2. The van der Waals surface area contributed by atoms with E-state index >= 15 is 0 Å². The Morgan fingerprint density at radius 1 is 1.33 bits per heavy atom. The highest BCUT2D eigenvalue weighted by Crippen LogP contribution is 2.30. The lowest BCUT2D eigenvalue weighted by molar-refractivity contribution is 0.0916. The summed E-state index contributed by atoms with van der Waals surface area (Å²) in [6, 6.07) is 13.1. The van der Waals surface area contributed by atoms with Crippen molar-refractivity contribution in [1.29, 1.82) is 0 Å². The fourth-order valence-electron chi connectivity index (χ4n) is 2.46. The third-order valence-corrected chi connectivity index (χ3v) is 5.42. The molecule has 1 amide bonds. The molecule has 1 heterocycles. The fourth-order valence-corrected chi connectivity index (χ4v) is 3.89. The standard InChI is InChI=1S/C18H16BrNO3S/c1-23-11-6-7-15(19)13(8-11)18(22)20-9-16(21)14-10-24-17-5-3-2-4-12(14)17/h2-8,10,16,21H,9H2,1H3,(H,20,22). The number of rotatable bonds is 5. The molecule has 3 aromatic rings. The second kappa shape index (κ2) is 7.34. The second-order valence-corrected chi connectivity index (χ2v) is 7.02. The number of benzene rings is 2. The van der Waals surface area contributed by atoms with Crippen molar-refractivity contribution in [3.05, 3.63) is 63.4 Å². The minimum absolute atomic E-state index is 0.142. The maximum atomic E-state index is 12.4. The van der Waals surface area contributed by atoms with Crippen molar-refractivity contribution in [2.75, 3.05) is 13.7 Å². The van der Waals surface area contributed by atoms with Crippen molar-refractivity contribution in [2.45, 2.75) is 6.10 Å². The summed E-state index contributed by atoms with van der Waals surface area (Å²) in [4.78, 5) is 12.4. The number of carbonyl (C=O) groups is 1. The largest absolute Gasteiger partial charge is 0.497 e. The Morgan fingerprint density at radius 2 is 2.12 bits per heavy atom. The minimum atomic E-state index is -0.755. The van der Waals surface area contributed by atoms with Gasteiger partial charge in [-0.1, -0.05) is 18.2 Å². The van der Waals surface area contributed by atoms with E-state index in [-0.39, 0.29) is 12.5 Å². The summed E-state index contributed by atoms with van der Waals surface area (Å²) < 4.78 is 6.94. The molecule has 0 saturated carbocycles. The van der Waals surface area contributed by atoms with Crippen LogP contribution in [-0.4, -0.2) is 24.7 Å². The van der Waals surface area contributed by atoms with Crippen LogP contribution in [0, 0.1) is 0 Å². The first-order chi connectivity index (χ1) is 11.6. The van der Waals surface area contributed by atoms with Crippen LogP contribution in [0.1, 0.15) is 22.0 Å². The zero-order valence-corrected chi connectivity index (χ0v) is 15.4. The predicted molar refractivity (Wildman–Crippen MR) is 99.8 cm³/mol. The van der Waals surface area contributed by atoms with Crippen LogP contribution in [-0.2, 0) is 0 Å². The number of aliphatic hydroxyl groups excluding tert-OH is 1. The van der Waals surface area contributed by atoms with Gasteiger partial charge in [0.15, 0.2) is 0 Å². The van der Waals surface area contributed by atoms with Crippen molar-refractivity contribution >= 4 is 43.3 Å². The summed E-state index contributed by atoms with van der Waals surface area (Å²) >= 11 is 4.94. The third-order valence-electron chi connectivity index (χ3n) is 3.74. The first-order valence-electron chi connectivity index (χ1n) is 7.36. The lowest BCUT2D eigenvalue weighted by Crippen LogP contribution is -2.28. The molecule has 2 N–H and O–H groups in total. The van der Waals surface area contributed by atoms with Crippen LogP contribution in [0.15, 0.2) is 52.3 Å². The van der Waals surface area contributed by atoms with E-state index < -0.39 is 6.10 Å². The van der Waals surface area contributed by atoms with Gasteiger partial charge in [-0.2, -0.15) is 0 Å². The molecule has 1 aromatic heterocycles. The minimum Gasteiger partial charge on any atom is -0.497 e. The predicted octanol–water partition coefficient (Wildman–Crippen LogP) is 4.14. The average Bonchev–Trinajstić information content (AvgIpc) is 3.04. The van der Waals surface area contributed by atoms with Crippen molar-refractivity contribution in [1.82, 2.24) is 5.32 Å². The van der Waals surface area contributed by atoms with E-state index in [0.717, 1.165) is 15.6 Å². The van der Waals surface area contributed by atoms with E-state index in [1.165, 1.54) is 0 Å². The van der Waals surface area contributed by atoms with E-state index in [9.17, 15) is 9.90 Å². The molecule has 0 spiro atoms. The Balaban J connectivity index is 1.72. The first kappa shape index (κ1) is 17.0. The van der Waals surface area contributed by atoms with Gasteiger partial charge in [0.1, 0.15) is 5.75 Å². The molecule has 0 radical (unpaired) electrons. The molecule has 0 bridgehead atoms. The Morgan fingerprint density at radius 3 is 2.92 bits per heavy atom. The summed E-state index contributed by atoms with van der Waals surface area (Å²) in [6.45, 7) is 0.142. The van der Waals surface area contributed by atoms with Gasteiger partial charge in [0.05, 0.1) is 18.8 Å². The number of amides is 1. The number of fused-ring (bicyclic) bond motifs is 1. The van der Waals surface area contributed by atoms with Crippen LogP contribution in [0.25, 0.3) is 10.1 Å². The van der Waals surface area contributed by atoms with E-state index in [0.29, 0.717) is 15.8 Å². The SMILES string of the molecule is COc1ccc(Br)c(C(=O)NCC(O)c2csc3ccccc23)c1. The van der Waals surface area contributed by atoms with Gasteiger partial charge in [-0.3, -0.25) is 4.79 Å². The molecule has 2 aromatic carbocycles. The highest BCUT2D eigenvalue weighted by atomic mass is 79.9. The van der Waals surface area contributed by atoms with Gasteiger partial charge in [0, 0.05) is 21.3 Å². The molecule has 0 aliphatic carbocycles. The van der Waals surface area contributed by atoms with E-state index in [2.05, 4.69) is 21.2 Å². The van der Waals surface area contributed by atoms with Crippen LogP contribution in [0.5, 0.6) is 5.75 Å². The lowest BCUT2D eigenvalue weighted by Gasteiger charge is -2.13. The number of hydrogen-bond donors (Lipinski definition) is 2. The normalized spacial score (nSPS) is 12.1. The van der Waals surface area contributed by atoms with Crippen LogP contribution < -0.4 is 10.1 Å². The molecule has 24 heavy (non-hydrogen) atoms. The lowest BCUT2D eigenvalue weighted by atomic mass is 10.1. The second-order valence-electron chi connectivity index (χ2n) is 5.26. The molecule has 0 aliphatic heterocycles. The number of thiophene rings is 1. The monoisotopic (exact) mass is 405 g/mol. The number of aliphatic hydroxyl groups is 1. The Kier molecular flexibility index (Phi) is 5.18. The van der Waals surface area contributed by atoms with Gasteiger partial charge >= 0.3 is 0 Å². The molecule has 0 aliphatic rings. The van der Waals surface area contributed by atoms with Gasteiger partial charge < -0.3 is 15.2 Å². The number of methoxy groups -OCH3 is 1. The zero-order chi connectivity index (χ0) is 17.1. The first-order valence-corrected chi connectivity index (χ1v) is 9.03. The van der Waals surface area contributed by atoms with Crippen molar-refractivity contribution < 1.29 is 14.6 Å². The van der Waals surface area contributed by atoms with Crippen molar-refractivity contribution in [2.24, 2.45) is 0 Å². The molecule has 124 valence electrons. The van der Waals surface area contributed by atoms with Gasteiger partial charge in [0.2, 0.25) is 0 Å². The number of ether oxygens (including phenoxy) is 1. The fraction of sp³-hybridized carbons (Fsp3) is 0.167. The molecule has 1 atom stereocenters. The summed E-state index contributed by atoms with van der Waals surface area (Å²) in [7, 11) is 1.55. The van der Waals surface area contributed by atoms with Crippen LogP contribution in [0.3, 0.4) is 0 Å². The Hall–Kier alpha value is -1.89. The summed E-state index contributed by atoms with van der Waals surface area (Å²) in [5.41, 5.74) is 1.30. The molecule has 6 heteroatoms. The van der Waals surface area contributed by atoms with Crippen molar-refractivity contribution in [3.8, 4) is 5.75 Å². The third kappa shape index (κ3) is 3.45. The number of nitrogens with one attached hydrogen (secondary N) is 1. The maximum absolute atomic E-state index is 12.4. The Bertz CT molecular complexity index is 878. The molecular weight excluding hydrogens is 390 g/mol. The zero-order valence-electron chi connectivity index (χ0n) is 13.0. The van der Waals surface area contributed by atoms with Crippen molar-refractivity contribution in [3.63, 3.8) is 0 Å². The topological polar surface area (TPSA) is 58.6 Å². The number of hydrogen-bond acceptors (Lipinski definition) is 4. The van der Waals surface area contributed by atoms with Crippen LogP contribution in [0.4, 0.5) is 0 Å².